The minimum Gasteiger partial charge on any atom is -0.481 e. The fraction of sp³-hybridized carbons (Fsp3) is 0.389. The quantitative estimate of drug-likeness (QED) is 0.851. The summed E-state index contributed by atoms with van der Waals surface area (Å²) in [5.74, 6) is -0.253. The second kappa shape index (κ2) is 7.80. The Morgan fingerprint density at radius 3 is 2.60 bits per heavy atom. The Kier molecular flexibility index (Phi) is 5.98. The molecule has 1 aliphatic heterocycles. The van der Waals surface area contributed by atoms with Crippen LogP contribution in [-0.4, -0.2) is 31.4 Å². The van der Waals surface area contributed by atoms with Gasteiger partial charge in [0.15, 0.2) is 5.82 Å². The highest BCUT2D eigenvalue weighted by Gasteiger charge is 2.26. The molecule has 25 heavy (non-hydrogen) atoms. The van der Waals surface area contributed by atoms with Crippen molar-refractivity contribution in [1.29, 1.82) is 0 Å². The number of carboxylic acids is 1. The molecule has 0 amide bonds. The third-order valence-corrected chi connectivity index (χ3v) is 4.06. The fourth-order valence-corrected chi connectivity index (χ4v) is 3.03. The van der Waals surface area contributed by atoms with E-state index >= 15 is 0 Å². The predicted octanol–water partition coefficient (Wildman–Crippen LogP) is 3.69. The molecule has 0 aliphatic carbocycles. The van der Waals surface area contributed by atoms with Crippen molar-refractivity contribution in [2.24, 2.45) is 4.99 Å². The van der Waals surface area contributed by atoms with Gasteiger partial charge in [-0.3, -0.25) is 14.4 Å². The van der Waals surface area contributed by atoms with Crippen LogP contribution in [0.1, 0.15) is 56.2 Å². The van der Waals surface area contributed by atoms with Crippen LogP contribution in [0.5, 0.6) is 0 Å². The van der Waals surface area contributed by atoms with E-state index in [1.165, 1.54) is 0 Å². The number of imidazole rings is 1. The van der Waals surface area contributed by atoms with E-state index in [4.69, 9.17) is 21.5 Å². The Balaban J connectivity index is 0.000000511. The van der Waals surface area contributed by atoms with Crippen LogP contribution in [0.3, 0.4) is 0 Å². The molecule has 1 aromatic carbocycles. The van der Waals surface area contributed by atoms with Crippen LogP contribution in [0.4, 0.5) is 0 Å². The number of hydrogen-bond acceptors (Lipinski definition) is 4. The number of carboxylic acid groups (broad SMARTS) is 1. The summed E-state index contributed by atoms with van der Waals surface area (Å²) >= 11 is 6.12. The van der Waals surface area contributed by atoms with Crippen LogP contribution in [0.2, 0.25) is 5.02 Å². The lowest BCUT2D eigenvalue weighted by atomic mass is 10.1. The van der Waals surface area contributed by atoms with Gasteiger partial charge in [0.2, 0.25) is 6.23 Å². The highest BCUT2D eigenvalue weighted by atomic mass is 35.5. The summed E-state index contributed by atoms with van der Waals surface area (Å²) < 4.78 is 2.04. The van der Waals surface area contributed by atoms with Gasteiger partial charge >= 0.3 is 0 Å². The number of aliphatic carboxylic acids is 1. The number of aromatic nitrogens is 2. The van der Waals surface area contributed by atoms with Crippen molar-refractivity contribution in [2.75, 3.05) is 0 Å². The van der Waals surface area contributed by atoms with E-state index in [1.54, 1.807) is 0 Å². The van der Waals surface area contributed by atoms with Crippen molar-refractivity contribution in [2.45, 2.75) is 46.8 Å². The maximum absolute atomic E-state index is 10.4. The van der Waals surface area contributed by atoms with Gasteiger partial charge in [-0.25, -0.2) is 4.98 Å². The molecule has 2 heterocycles. The van der Waals surface area contributed by atoms with Gasteiger partial charge in [0.1, 0.15) is 0 Å². The molecule has 0 radical (unpaired) electrons. The summed E-state index contributed by atoms with van der Waals surface area (Å²) in [6.45, 7) is 7.08. The largest absolute Gasteiger partial charge is 0.481 e. The second-order valence-electron chi connectivity index (χ2n) is 5.86. The van der Waals surface area contributed by atoms with Crippen LogP contribution in [0, 0.1) is 6.92 Å². The van der Waals surface area contributed by atoms with E-state index in [1.807, 2.05) is 36.6 Å². The van der Waals surface area contributed by atoms with Gasteiger partial charge in [0.05, 0.1) is 11.4 Å². The molecule has 1 atom stereocenters. The van der Waals surface area contributed by atoms with Crippen molar-refractivity contribution < 1.29 is 15.0 Å². The summed E-state index contributed by atoms with van der Waals surface area (Å²) in [4.78, 5) is 17.9. The van der Waals surface area contributed by atoms with Gasteiger partial charge < -0.3 is 10.2 Å². The summed E-state index contributed by atoms with van der Waals surface area (Å²) in [6.07, 6.45) is 0.984. The normalized spacial score (nSPS) is 15.3. The Morgan fingerprint density at radius 1 is 1.36 bits per heavy atom. The van der Waals surface area contributed by atoms with Crippen LogP contribution in [-0.2, 0) is 11.2 Å². The van der Waals surface area contributed by atoms with Crippen molar-refractivity contribution in [3.8, 4) is 5.69 Å². The first-order valence-corrected chi connectivity index (χ1v) is 8.44. The lowest BCUT2D eigenvalue weighted by Gasteiger charge is -2.14. The molecule has 0 spiro atoms. The van der Waals surface area contributed by atoms with E-state index in [2.05, 4.69) is 16.9 Å². The first-order valence-electron chi connectivity index (χ1n) is 8.06. The van der Waals surface area contributed by atoms with Gasteiger partial charge in [-0.2, -0.15) is 0 Å². The SMILES string of the molecule is CC(=O)O.CCCc1c(C)nc2n1-c1ccc(Cl)cc1C(C)=NC2O. The Hall–Kier alpha value is -2.18. The zero-order valence-electron chi connectivity index (χ0n) is 14.7. The minimum absolute atomic E-state index is 0.580. The maximum atomic E-state index is 10.4. The summed E-state index contributed by atoms with van der Waals surface area (Å²) in [5.41, 5.74) is 4.76. The number of benzene rings is 1. The molecule has 0 bridgehead atoms. The average molecular weight is 364 g/mol. The number of aryl methyl sites for hydroxylation is 1. The number of aliphatic hydroxyl groups excluding tert-OH is 1. The minimum atomic E-state index is -0.944. The lowest BCUT2D eigenvalue weighted by Crippen LogP contribution is -2.08. The highest BCUT2D eigenvalue weighted by molar-refractivity contribution is 6.31. The Bertz CT molecular complexity index is 823. The molecule has 1 aromatic heterocycles. The number of hydrogen-bond donors (Lipinski definition) is 2. The van der Waals surface area contributed by atoms with Crippen molar-refractivity contribution in [1.82, 2.24) is 9.55 Å². The number of nitrogens with zero attached hydrogens (tertiary/aromatic N) is 3. The molecule has 3 rings (SSSR count). The van der Waals surface area contributed by atoms with Crippen molar-refractivity contribution >= 4 is 23.3 Å². The number of carbonyl (C=O) groups is 1. The number of aliphatic hydroxyl groups is 1. The van der Waals surface area contributed by atoms with Gasteiger partial charge in [-0.15, -0.1) is 0 Å². The van der Waals surface area contributed by atoms with Gasteiger partial charge in [-0.1, -0.05) is 24.9 Å². The predicted molar refractivity (Wildman–Crippen MR) is 97.8 cm³/mol. The van der Waals surface area contributed by atoms with Crippen LogP contribution < -0.4 is 0 Å². The molecule has 0 saturated carbocycles. The van der Waals surface area contributed by atoms with Gasteiger partial charge in [0.25, 0.3) is 5.97 Å². The zero-order chi connectivity index (χ0) is 18.7. The molecule has 134 valence electrons. The number of aliphatic imine (C=N–C) groups is 1. The second-order valence-corrected chi connectivity index (χ2v) is 6.29. The zero-order valence-corrected chi connectivity index (χ0v) is 15.5. The lowest BCUT2D eigenvalue weighted by molar-refractivity contribution is -0.134. The molecule has 2 N–H and O–H groups in total. The Labute approximate surface area is 151 Å². The molecule has 6 nitrogen and oxygen atoms in total. The highest BCUT2D eigenvalue weighted by Crippen LogP contribution is 2.31. The van der Waals surface area contributed by atoms with Crippen molar-refractivity contribution in [3.05, 3.63) is 46.0 Å². The summed E-state index contributed by atoms with van der Waals surface area (Å²) in [5, 5.41) is 18.4. The van der Waals surface area contributed by atoms with Crippen LogP contribution in [0.25, 0.3) is 5.69 Å². The summed E-state index contributed by atoms with van der Waals surface area (Å²) in [7, 11) is 0. The average Bonchev–Trinajstić information content (AvgIpc) is 2.79. The van der Waals surface area contributed by atoms with E-state index in [-0.39, 0.29) is 0 Å². The fourth-order valence-electron chi connectivity index (χ4n) is 2.86. The van der Waals surface area contributed by atoms with Crippen molar-refractivity contribution in [3.63, 3.8) is 0 Å². The molecule has 0 saturated heterocycles. The Morgan fingerprint density at radius 2 is 2.00 bits per heavy atom. The van der Waals surface area contributed by atoms with E-state index in [0.717, 1.165) is 48.1 Å². The first-order chi connectivity index (χ1) is 11.8. The maximum Gasteiger partial charge on any atom is 0.300 e. The smallest absolute Gasteiger partial charge is 0.300 e. The van der Waals surface area contributed by atoms with E-state index < -0.39 is 12.2 Å². The van der Waals surface area contributed by atoms with Gasteiger partial charge in [0, 0.05) is 28.9 Å². The standard InChI is InChI=1S/C16H18ClN3O.C2H4O2/c1-4-5-13-10(3)18-15-16(21)19-9(2)12-8-11(17)6-7-14(12)20(13)15;1-2(3)4/h6-8,16,21H,4-5H2,1-3H3;1H3,(H,3,4). The van der Waals surface area contributed by atoms with E-state index in [0.29, 0.717) is 10.8 Å². The summed E-state index contributed by atoms with van der Waals surface area (Å²) in [6, 6.07) is 5.72. The number of halogens is 1. The third kappa shape index (κ3) is 4.08. The van der Waals surface area contributed by atoms with E-state index in [9.17, 15) is 5.11 Å². The molecule has 7 heteroatoms. The number of fused-ring (bicyclic) bond motifs is 3. The molecule has 1 aliphatic rings. The molecular formula is C18H22ClN3O3. The first kappa shape index (κ1) is 19.1. The topological polar surface area (TPSA) is 87.7 Å². The molecule has 0 fully saturated rings. The number of rotatable bonds is 2. The molecular weight excluding hydrogens is 342 g/mol. The van der Waals surface area contributed by atoms with Crippen LogP contribution in [0.15, 0.2) is 23.2 Å². The molecule has 2 aromatic rings. The van der Waals surface area contributed by atoms with Crippen LogP contribution >= 0.6 is 11.6 Å². The monoisotopic (exact) mass is 363 g/mol. The third-order valence-electron chi connectivity index (χ3n) is 3.82. The molecule has 1 unspecified atom stereocenters. The van der Waals surface area contributed by atoms with Gasteiger partial charge in [-0.05, 0) is 38.5 Å².